The van der Waals surface area contributed by atoms with Crippen LogP contribution in [0.25, 0.3) is 10.9 Å². The third-order valence-electron chi connectivity index (χ3n) is 5.78. The molecule has 4 rings (SSSR count). The van der Waals surface area contributed by atoms with Crippen LogP contribution >= 0.6 is 11.6 Å². The molecular weight excluding hydrogens is 466 g/mol. The molecular formula is C27H24ClN3O4. The number of aryl methyl sites for hydroxylation is 1. The van der Waals surface area contributed by atoms with Gasteiger partial charge in [-0.05, 0) is 48.4 Å². The minimum atomic E-state index is -0.849. The van der Waals surface area contributed by atoms with Gasteiger partial charge >= 0.3 is 5.97 Å². The highest BCUT2D eigenvalue weighted by molar-refractivity contribution is 6.31. The lowest BCUT2D eigenvalue weighted by Gasteiger charge is -2.15. The molecule has 0 aliphatic carbocycles. The van der Waals surface area contributed by atoms with E-state index in [1.165, 1.54) is 6.92 Å². The third kappa shape index (κ3) is 5.36. The molecule has 0 radical (unpaired) electrons. The average Bonchev–Trinajstić information content (AvgIpc) is 3.16. The second-order valence-electron chi connectivity index (χ2n) is 8.18. The van der Waals surface area contributed by atoms with Gasteiger partial charge in [-0.3, -0.25) is 9.59 Å². The zero-order chi connectivity index (χ0) is 25.1. The lowest BCUT2D eigenvalue weighted by Crippen LogP contribution is -2.22. The molecule has 0 bridgehead atoms. The van der Waals surface area contributed by atoms with E-state index in [1.807, 2.05) is 42.5 Å². The van der Waals surface area contributed by atoms with Gasteiger partial charge in [-0.25, -0.2) is 4.99 Å². The first-order chi connectivity index (χ1) is 16.7. The molecule has 1 heterocycles. The zero-order valence-electron chi connectivity index (χ0n) is 19.2. The monoisotopic (exact) mass is 489 g/mol. The van der Waals surface area contributed by atoms with Crippen LogP contribution in [0, 0.1) is 0 Å². The number of H-pyrrole nitrogens is 1. The first-order valence-electron chi connectivity index (χ1n) is 11.0. The predicted octanol–water partition coefficient (Wildman–Crippen LogP) is 5.70. The van der Waals surface area contributed by atoms with Crippen molar-refractivity contribution in [3.05, 3.63) is 88.4 Å². The maximum atomic E-state index is 11.7. The van der Waals surface area contributed by atoms with Gasteiger partial charge < -0.3 is 20.1 Å². The molecule has 0 atom stereocenters. The summed E-state index contributed by atoms with van der Waals surface area (Å²) in [6.45, 7) is 1.50. The van der Waals surface area contributed by atoms with Crippen LogP contribution in [0.4, 0.5) is 11.4 Å². The Morgan fingerprint density at radius 3 is 2.34 bits per heavy atom. The Kier molecular flexibility index (Phi) is 6.89. The number of rotatable bonds is 7. The fourth-order valence-corrected chi connectivity index (χ4v) is 3.97. The van der Waals surface area contributed by atoms with E-state index < -0.39 is 5.97 Å². The van der Waals surface area contributed by atoms with Gasteiger partial charge in [0, 0.05) is 42.1 Å². The van der Waals surface area contributed by atoms with Crippen molar-refractivity contribution in [1.29, 1.82) is 0 Å². The number of anilines is 1. The summed E-state index contributed by atoms with van der Waals surface area (Å²) in [6, 6.07) is 20.0. The molecule has 178 valence electrons. The van der Waals surface area contributed by atoms with Crippen LogP contribution in [0.1, 0.15) is 30.0 Å². The number of carbonyl (C=O) groups is 2. The molecule has 0 saturated carbocycles. The van der Waals surface area contributed by atoms with Gasteiger partial charge in [0.1, 0.15) is 0 Å². The molecule has 0 aliphatic rings. The van der Waals surface area contributed by atoms with Crippen LogP contribution in [-0.4, -0.2) is 39.8 Å². The van der Waals surface area contributed by atoms with E-state index in [9.17, 15) is 14.7 Å². The van der Waals surface area contributed by atoms with E-state index in [0.717, 1.165) is 22.2 Å². The van der Waals surface area contributed by atoms with Crippen molar-refractivity contribution in [1.82, 2.24) is 4.98 Å². The average molecular weight is 490 g/mol. The van der Waals surface area contributed by atoms with Gasteiger partial charge in [-0.1, -0.05) is 41.9 Å². The third-order valence-corrected chi connectivity index (χ3v) is 6.02. The topological polar surface area (TPSA) is 106 Å². The highest BCUT2D eigenvalue weighted by atomic mass is 35.5. The molecule has 0 saturated heterocycles. The van der Waals surface area contributed by atoms with Gasteiger partial charge in [0.15, 0.2) is 5.88 Å². The molecule has 0 spiro atoms. The lowest BCUT2D eigenvalue weighted by molar-refractivity contribution is -0.137. The Bertz CT molecular complexity index is 1420. The van der Waals surface area contributed by atoms with Crippen LogP contribution in [-0.2, 0) is 16.0 Å². The van der Waals surface area contributed by atoms with Crippen molar-refractivity contribution in [2.24, 2.45) is 4.99 Å². The molecule has 1 amide bonds. The molecule has 8 heteroatoms. The molecule has 0 unspecified atom stereocenters. The molecule has 3 aromatic carbocycles. The fraction of sp³-hybridized carbons (Fsp3) is 0.148. The smallest absolute Gasteiger partial charge is 0.303 e. The van der Waals surface area contributed by atoms with E-state index in [1.54, 1.807) is 36.2 Å². The van der Waals surface area contributed by atoms with Crippen LogP contribution in [0.3, 0.4) is 0 Å². The van der Waals surface area contributed by atoms with Crippen molar-refractivity contribution >= 4 is 51.5 Å². The summed E-state index contributed by atoms with van der Waals surface area (Å²) in [4.78, 5) is 32.0. The number of aliphatic carboxylic acids is 1. The standard InChI is InChI=1S/C27H24ClN3O4/c1-16(32)31(2)21-11-9-20(10-12-21)29-26(18-6-3-17(4-7-18)5-14-24(33)34)25-22-13-8-19(28)15-23(22)30-27(25)35/h3-4,6-13,15,30,35H,5,14H2,1-2H3,(H,33,34). The van der Waals surface area contributed by atoms with E-state index >= 15 is 0 Å². The van der Waals surface area contributed by atoms with Gasteiger partial charge in [0.05, 0.1) is 22.5 Å². The summed E-state index contributed by atoms with van der Waals surface area (Å²) in [5.74, 6) is -0.964. The number of carbonyl (C=O) groups excluding carboxylic acids is 1. The second kappa shape index (κ2) is 10.0. The molecule has 0 aliphatic heterocycles. The van der Waals surface area contributed by atoms with Crippen molar-refractivity contribution in [2.75, 3.05) is 11.9 Å². The first kappa shape index (κ1) is 24.0. The number of fused-ring (bicyclic) bond motifs is 1. The van der Waals surface area contributed by atoms with Crippen molar-refractivity contribution in [2.45, 2.75) is 19.8 Å². The Morgan fingerprint density at radius 2 is 1.71 bits per heavy atom. The number of halogens is 1. The summed E-state index contributed by atoms with van der Waals surface area (Å²) < 4.78 is 0. The first-order valence-corrected chi connectivity index (χ1v) is 11.4. The maximum absolute atomic E-state index is 11.7. The summed E-state index contributed by atoms with van der Waals surface area (Å²) in [6.07, 6.45) is 0.468. The lowest BCUT2D eigenvalue weighted by atomic mass is 9.98. The minimum Gasteiger partial charge on any atom is -0.494 e. The number of nitrogens with one attached hydrogen (secondary N) is 1. The second-order valence-corrected chi connectivity index (χ2v) is 8.62. The van der Waals surface area contributed by atoms with Crippen molar-refractivity contribution < 1.29 is 19.8 Å². The number of aromatic hydroxyl groups is 1. The number of nitrogens with zero attached hydrogens (tertiary/aromatic N) is 2. The van der Waals surface area contributed by atoms with Crippen LogP contribution in [0.15, 0.2) is 71.7 Å². The highest BCUT2D eigenvalue weighted by Gasteiger charge is 2.19. The largest absolute Gasteiger partial charge is 0.494 e. The summed E-state index contributed by atoms with van der Waals surface area (Å²) >= 11 is 6.14. The molecule has 7 nitrogen and oxygen atoms in total. The number of aromatic amines is 1. The summed E-state index contributed by atoms with van der Waals surface area (Å²) in [5.41, 5.74) is 4.76. The van der Waals surface area contributed by atoms with Crippen LogP contribution in [0.5, 0.6) is 5.88 Å². The van der Waals surface area contributed by atoms with Crippen molar-refractivity contribution in [3.63, 3.8) is 0 Å². The Balaban J connectivity index is 1.81. The number of carboxylic acid groups (broad SMARTS) is 1. The molecule has 3 N–H and O–H groups in total. The van der Waals surface area contributed by atoms with E-state index in [-0.39, 0.29) is 18.2 Å². The van der Waals surface area contributed by atoms with Crippen molar-refractivity contribution in [3.8, 4) is 5.88 Å². The quantitative estimate of drug-likeness (QED) is 0.290. The minimum absolute atomic E-state index is 0.0381. The Hall–Kier alpha value is -4.10. The molecule has 0 fully saturated rings. The van der Waals surface area contributed by atoms with Gasteiger partial charge in [0.2, 0.25) is 5.91 Å². The van der Waals surface area contributed by atoms with E-state index in [4.69, 9.17) is 21.7 Å². The van der Waals surface area contributed by atoms with Gasteiger partial charge in [-0.15, -0.1) is 0 Å². The number of hydrogen-bond acceptors (Lipinski definition) is 4. The SMILES string of the molecule is CC(=O)N(C)c1ccc(N=C(c2ccc(CCC(=O)O)cc2)c2c(O)[nH]c3cc(Cl)ccc23)cc1. The maximum Gasteiger partial charge on any atom is 0.303 e. The number of amides is 1. The zero-order valence-corrected chi connectivity index (χ0v) is 20.0. The number of aliphatic imine (C=N–C) groups is 1. The highest BCUT2D eigenvalue weighted by Crippen LogP contribution is 2.33. The van der Waals surface area contributed by atoms with Gasteiger partial charge in [-0.2, -0.15) is 0 Å². The summed E-state index contributed by atoms with van der Waals surface area (Å²) in [5, 5.41) is 21.1. The van der Waals surface area contributed by atoms with E-state index in [2.05, 4.69) is 4.98 Å². The number of hydrogen-bond donors (Lipinski definition) is 3. The number of aromatic nitrogens is 1. The fourth-order valence-electron chi connectivity index (χ4n) is 3.80. The van der Waals surface area contributed by atoms with Crippen LogP contribution in [0.2, 0.25) is 5.02 Å². The summed E-state index contributed by atoms with van der Waals surface area (Å²) in [7, 11) is 1.70. The number of benzene rings is 3. The molecule has 1 aromatic heterocycles. The van der Waals surface area contributed by atoms with E-state index in [0.29, 0.717) is 33.9 Å². The normalized spacial score (nSPS) is 11.6. The van der Waals surface area contributed by atoms with Crippen LogP contribution < -0.4 is 4.90 Å². The predicted molar refractivity (Wildman–Crippen MR) is 138 cm³/mol. The Morgan fingerprint density at radius 1 is 1.03 bits per heavy atom. The van der Waals surface area contributed by atoms with Gasteiger partial charge in [0.25, 0.3) is 0 Å². The molecule has 4 aromatic rings. The Labute approximate surface area is 207 Å². The number of carboxylic acids is 1. The molecule has 35 heavy (non-hydrogen) atoms.